The number of rotatable bonds is 6. The molecule has 0 unspecified atom stereocenters. The summed E-state index contributed by atoms with van der Waals surface area (Å²) in [5, 5.41) is 35.4. The van der Waals surface area contributed by atoms with Crippen molar-refractivity contribution in [1.82, 2.24) is 0 Å². The molecule has 0 spiro atoms. The Labute approximate surface area is 224 Å². The summed E-state index contributed by atoms with van der Waals surface area (Å²) < 4.78 is 0. The molecule has 0 fully saturated rings. The van der Waals surface area contributed by atoms with Crippen molar-refractivity contribution in [2.45, 2.75) is 6.92 Å². The Morgan fingerprint density at radius 3 is 1.77 bits per heavy atom. The van der Waals surface area contributed by atoms with Crippen LogP contribution in [0.25, 0.3) is 11.1 Å². The molecule has 0 amide bonds. The van der Waals surface area contributed by atoms with Gasteiger partial charge in [-0.05, 0) is 84.3 Å². The first-order valence-corrected chi connectivity index (χ1v) is 10.4. The van der Waals surface area contributed by atoms with E-state index >= 15 is 0 Å². The average Bonchev–Trinajstić information content (AvgIpc) is 2.83. The zero-order valence-corrected chi connectivity index (χ0v) is 21.3. The van der Waals surface area contributed by atoms with Crippen LogP contribution in [0.15, 0.2) is 105 Å². The van der Waals surface area contributed by atoms with Crippen LogP contribution in [0, 0.1) is 6.92 Å². The first-order valence-electron chi connectivity index (χ1n) is 10.4. The van der Waals surface area contributed by atoms with Gasteiger partial charge < -0.3 is 15.9 Å². The van der Waals surface area contributed by atoms with Gasteiger partial charge in [-0.2, -0.15) is 20.5 Å². The summed E-state index contributed by atoms with van der Waals surface area (Å²) in [5.74, 6) is -1.55. The standard InChI is InChI=1S/C26H21N5O3.Na/c1-16-14-19(27)6-12-24(16)31-29-21-9-4-18(5-10-21)17-2-7-20(8-3-17)28-30-22-11-13-25(32)23(15-22)26(33)34;/h2-15,32H,27H2,1H3,(H,33,34);/q;+1. The smallest absolute Gasteiger partial charge is 0.507 e. The van der Waals surface area contributed by atoms with Crippen molar-refractivity contribution in [2.75, 3.05) is 5.73 Å². The zero-order valence-electron chi connectivity index (χ0n) is 19.3. The fraction of sp³-hybridized carbons (Fsp3) is 0.0385. The van der Waals surface area contributed by atoms with Crippen molar-refractivity contribution in [2.24, 2.45) is 20.5 Å². The van der Waals surface area contributed by atoms with Gasteiger partial charge in [-0.15, -0.1) is 0 Å². The van der Waals surface area contributed by atoms with Crippen molar-refractivity contribution < 1.29 is 44.6 Å². The van der Waals surface area contributed by atoms with E-state index in [2.05, 4.69) is 20.5 Å². The van der Waals surface area contributed by atoms with Gasteiger partial charge in [0.1, 0.15) is 11.3 Å². The van der Waals surface area contributed by atoms with E-state index in [4.69, 9.17) is 10.8 Å². The number of aromatic carboxylic acids is 1. The minimum Gasteiger partial charge on any atom is -0.507 e. The van der Waals surface area contributed by atoms with E-state index in [1.54, 1.807) is 6.07 Å². The monoisotopic (exact) mass is 474 g/mol. The first kappa shape index (κ1) is 25.8. The number of benzene rings is 4. The van der Waals surface area contributed by atoms with E-state index in [-0.39, 0.29) is 40.9 Å². The molecule has 0 aliphatic rings. The Bertz CT molecular complexity index is 1400. The molecule has 0 heterocycles. The van der Waals surface area contributed by atoms with E-state index in [9.17, 15) is 9.90 Å². The van der Waals surface area contributed by atoms with Gasteiger partial charge in [-0.1, -0.05) is 24.3 Å². The summed E-state index contributed by atoms with van der Waals surface area (Å²) in [6.45, 7) is 1.94. The quantitative estimate of drug-likeness (QED) is 0.216. The summed E-state index contributed by atoms with van der Waals surface area (Å²) in [5.41, 5.74) is 11.7. The molecule has 168 valence electrons. The predicted molar refractivity (Wildman–Crippen MR) is 131 cm³/mol. The molecule has 9 heteroatoms. The third-order valence-electron chi connectivity index (χ3n) is 5.05. The number of aryl methyl sites for hydroxylation is 1. The van der Waals surface area contributed by atoms with Gasteiger partial charge in [0.15, 0.2) is 0 Å². The number of carboxylic acid groups (broad SMARTS) is 1. The molecule has 4 aromatic rings. The average molecular weight is 474 g/mol. The molecular weight excluding hydrogens is 453 g/mol. The summed E-state index contributed by atoms with van der Waals surface area (Å²) in [7, 11) is 0. The van der Waals surface area contributed by atoms with Crippen LogP contribution >= 0.6 is 0 Å². The van der Waals surface area contributed by atoms with Crippen molar-refractivity contribution in [1.29, 1.82) is 0 Å². The van der Waals surface area contributed by atoms with E-state index in [1.165, 1.54) is 18.2 Å². The van der Waals surface area contributed by atoms with Crippen molar-refractivity contribution in [3.05, 3.63) is 96.1 Å². The second kappa shape index (κ2) is 11.5. The fourth-order valence-electron chi connectivity index (χ4n) is 3.22. The number of nitrogens with two attached hydrogens (primary N) is 1. The van der Waals surface area contributed by atoms with Crippen LogP contribution in [0.3, 0.4) is 0 Å². The first-order chi connectivity index (χ1) is 16.4. The number of anilines is 1. The molecule has 0 saturated carbocycles. The molecule has 0 bridgehead atoms. The van der Waals surface area contributed by atoms with E-state index in [0.717, 1.165) is 28.1 Å². The Morgan fingerprint density at radius 2 is 1.23 bits per heavy atom. The minimum atomic E-state index is -1.23. The molecule has 8 nitrogen and oxygen atoms in total. The number of carboxylic acids is 1. The number of hydrogen-bond donors (Lipinski definition) is 3. The van der Waals surface area contributed by atoms with Crippen LogP contribution in [0.1, 0.15) is 15.9 Å². The molecule has 0 atom stereocenters. The number of nitrogen functional groups attached to an aromatic ring is 1. The molecule has 0 radical (unpaired) electrons. The number of azo groups is 2. The molecule has 0 aliphatic heterocycles. The van der Waals surface area contributed by atoms with Crippen LogP contribution in [0.2, 0.25) is 0 Å². The third-order valence-corrected chi connectivity index (χ3v) is 5.05. The molecule has 35 heavy (non-hydrogen) atoms. The van der Waals surface area contributed by atoms with E-state index < -0.39 is 5.97 Å². The molecule has 0 aliphatic carbocycles. The summed E-state index contributed by atoms with van der Waals surface area (Å²) in [4.78, 5) is 11.1. The maximum absolute atomic E-state index is 11.1. The summed E-state index contributed by atoms with van der Waals surface area (Å²) in [6.07, 6.45) is 0. The number of aromatic hydroxyl groups is 1. The van der Waals surface area contributed by atoms with Crippen molar-refractivity contribution in [3.63, 3.8) is 0 Å². The second-order valence-electron chi connectivity index (χ2n) is 7.55. The molecule has 4 rings (SSSR count). The molecule has 4 aromatic carbocycles. The fourth-order valence-corrected chi connectivity index (χ4v) is 3.22. The normalized spacial score (nSPS) is 11.0. The molecule has 4 N–H and O–H groups in total. The van der Waals surface area contributed by atoms with Crippen LogP contribution in [-0.2, 0) is 0 Å². The van der Waals surface area contributed by atoms with E-state index in [1.807, 2.05) is 67.6 Å². The SMILES string of the molecule is Cc1cc(N)ccc1N=Nc1ccc(-c2ccc(N=Nc3ccc(O)c(C(=O)O)c3)cc2)cc1.[Na+]. The minimum absolute atomic E-state index is 0. The Balaban J connectivity index is 0.00000342. The van der Waals surface area contributed by atoms with Gasteiger partial charge >= 0.3 is 35.5 Å². The van der Waals surface area contributed by atoms with Crippen LogP contribution in [-0.4, -0.2) is 16.2 Å². The molecule has 0 aromatic heterocycles. The van der Waals surface area contributed by atoms with Gasteiger partial charge in [-0.3, -0.25) is 0 Å². The number of phenols is 1. The van der Waals surface area contributed by atoms with Gasteiger partial charge in [0.25, 0.3) is 0 Å². The molecule has 0 saturated heterocycles. The van der Waals surface area contributed by atoms with E-state index in [0.29, 0.717) is 17.1 Å². The Morgan fingerprint density at radius 1 is 0.714 bits per heavy atom. The maximum Gasteiger partial charge on any atom is 1.00 e. The van der Waals surface area contributed by atoms with Crippen LogP contribution < -0.4 is 35.3 Å². The van der Waals surface area contributed by atoms with Gasteiger partial charge in [0.2, 0.25) is 0 Å². The molecular formula is C26H21N5NaO3+. The van der Waals surface area contributed by atoms with Gasteiger partial charge in [0, 0.05) is 5.69 Å². The van der Waals surface area contributed by atoms with Crippen LogP contribution in [0.5, 0.6) is 5.75 Å². The zero-order chi connectivity index (χ0) is 24.1. The number of carbonyl (C=O) groups is 1. The predicted octanol–water partition coefficient (Wildman–Crippen LogP) is 4.48. The number of nitrogens with zero attached hydrogens (tertiary/aromatic N) is 4. The second-order valence-corrected chi connectivity index (χ2v) is 7.55. The van der Waals surface area contributed by atoms with Gasteiger partial charge in [-0.25, -0.2) is 4.79 Å². The maximum atomic E-state index is 11.1. The Kier molecular flexibility index (Phi) is 8.48. The van der Waals surface area contributed by atoms with Gasteiger partial charge in [0.05, 0.1) is 22.7 Å². The third kappa shape index (κ3) is 6.60. The van der Waals surface area contributed by atoms with Crippen molar-refractivity contribution >= 4 is 34.4 Å². The van der Waals surface area contributed by atoms with Crippen molar-refractivity contribution in [3.8, 4) is 16.9 Å². The number of hydrogen-bond acceptors (Lipinski definition) is 7. The largest absolute Gasteiger partial charge is 1.00 e. The Hall–Kier alpha value is -3.85. The summed E-state index contributed by atoms with van der Waals surface area (Å²) >= 11 is 0. The van der Waals surface area contributed by atoms with Crippen LogP contribution in [0.4, 0.5) is 28.4 Å². The topological polar surface area (TPSA) is 133 Å². The summed E-state index contributed by atoms with van der Waals surface area (Å²) in [6, 6.07) is 24.7.